The first-order valence-electron chi connectivity index (χ1n) is 5.27. The molecule has 0 aliphatic carbocycles. The van der Waals surface area contributed by atoms with Gasteiger partial charge in [0, 0.05) is 12.1 Å². The molecule has 2 aromatic carbocycles. The maximum atomic E-state index is 10.6. The van der Waals surface area contributed by atoms with E-state index in [4.69, 9.17) is 17.3 Å². The first-order chi connectivity index (χ1) is 9.06. The summed E-state index contributed by atoms with van der Waals surface area (Å²) in [5, 5.41) is 18.8. The quantitative estimate of drug-likeness (QED) is 0.393. The van der Waals surface area contributed by atoms with Gasteiger partial charge in [0.15, 0.2) is 0 Å². The number of anilines is 1. The van der Waals surface area contributed by atoms with Crippen molar-refractivity contribution in [2.75, 3.05) is 5.73 Å². The van der Waals surface area contributed by atoms with E-state index in [0.717, 1.165) is 0 Å². The number of hydrogen-bond donors (Lipinski definition) is 1. The number of azo groups is 1. The molecule has 0 saturated heterocycles. The van der Waals surface area contributed by atoms with Gasteiger partial charge in [0.2, 0.25) is 0 Å². The summed E-state index contributed by atoms with van der Waals surface area (Å²) in [6.07, 6.45) is 0. The summed E-state index contributed by atoms with van der Waals surface area (Å²) in [5.74, 6) is 0. The molecule has 0 fully saturated rings. The summed E-state index contributed by atoms with van der Waals surface area (Å²) >= 11 is 5.85. The molecule has 0 amide bonds. The van der Waals surface area contributed by atoms with Crippen molar-refractivity contribution in [3.05, 3.63) is 57.6 Å². The van der Waals surface area contributed by atoms with Crippen LogP contribution in [-0.2, 0) is 0 Å². The number of nitro groups is 1. The van der Waals surface area contributed by atoms with Gasteiger partial charge in [-0.15, -0.1) is 0 Å². The Morgan fingerprint density at radius 2 is 1.79 bits per heavy atom. The third kappa shape index (κ3) is 3.26. The van der Waals surface area contributed by atoms with Crippen LogP contribution in [0.25, 0.3) is 0 Å². The minimum absolute atomic E-state index is 0.0354. The number of hydrogen-bond acceptors (Lipinski definition) is 5. The average molecular weight is 277 g/mol. The fourth-order valence-electron chi connectivity index (χ4n) is 1.36. The highest BCUT2D eigenvalue weighted by atomic mass is 35.5. The second-order valence-electron chi connectivity index (χ2n) is 3.68. The molecule has 0 radical (unpaired) electrons. The molecule has 0 bridgehead atoms. The van der Waals surface area contributed by atoms with Crippen molar-refractivity contribution in [1.82, 2.24) is 0 Å². The van der Waals surface area contributed by atoms with Gasteiger partial charge in [-0.25, -0.2) is 0 Å². The Morgan fingerprint density at radius 3 is 2.42 bits per heavy atom. The highest BCUT2D eigenvalue weighted by molar-refractivity contribution is 6.33. The molecule has 0 spiro atoms. The third-order valence-corrected chi connectivity index (χ3v) is 2.63. The molecule has 6 nitrogen and oxygen atoms in total. The van der Waals surface area contributed by atoms with Crippen LogP contribution in [0.2, 0.25) is 5.02 Å². The summed E-state index contributed by atoms with van der Waals surface area (Å²) in [4.78, 5) is 10.1. The standard InChI is InChI=1S/C12H9ClN4O2/c13-11-7-9(4-5-12(11)14)16-15-8-2-1-3-10(6-8)17(18)19/h1-7H,14H2. The minimum atomic E-state index is -0.487. The van der Waals surface area contributed by atoms with Crippen LogP contribution in [0.15, 0.2) is 52.7 Å². The van der Waals surface area contributed by atoms with E-state index in [1.165, 1.54) is 12.1 Å². The SMILES string of the molecule is Nc1ccc(N=Nc2cccc([N+](=O)[O-])c2)cc1Cl. The van der Waals surface area contributed by atoms with Crippen LogP contribution in [0.1, 0.15) is 0 Å². The van der Waals surface area contributed by atoms with Crippen molar-refractivity contribution in [2.45, 2.75) is 0 Å². The molecule has 96 valence electrons. The Kier molecular flexibility index (Phi) is 3.72. The molecule has 2 N–H and O–H groups in total. The van der Waals surface area contributed by atoms with Gasteiger partial charge >= 0.3 is 0 Å². The van der Waals surface area contributed by atoms with E-state index in [9.17, 15) is 10.1 Å². The van der Waals surface area contributed by atoms with Crippen molar-refractivity contribution in [3.63, 3.8) is 0 Å². The lowest BCUT2D eigenvalue weighted by atomic mass is 10.3. The van der Waals surface area contributed by atoms with E-state index in [0.29, 0.717) is 22.1 Å². The summed E-state index contributed by atoms with van der Waals surface area (Å²) in [5.41, 5.74) is 6.90. The van der Waals surface area contributed by atoms with Crippen LogP contribution < -0.4 is 5.73 Å². The van der Waals surface area contributed by atoms with E-state index < -0.39 is 4.92 Å². The first kappa shape index (κ1) is 13.0. The largest absolute Gasteiger partial charge is 0.398 e. The Balaban J connectivity index is 2.24. The van der Waals surface area contributed by atoms with Gasteiger partial charge in [-0.3, -0.25) is 10.1 Å². The minimum Gasteiger partial charge on any atom is -0.398 e. The fourth-order valence-corrected chi connectivity index (χ4v) is 1.54. The Labute approximate surface area is 113 Å². The van der Waals surface area contributed by atoms with Crippen molar-refractivity contribution in [3.8, 4) is 0 Å². The van der Waals surface area contributed by atoms with Crippen molar-refractivity contribution >= 4 is 34.4 Å². The number of non-ortho nitro benzene ring substituents is 1. The van der Waals surface area contributed by atoms with Crippen LogP contribution in [0.5, 0.6) is 0 Å². The van der Waals surface area contributed by atoms with Crippen LogP contribution in [0.4, 0.5) is 22.7 Å². The van der Waals surface area contributed by atoms with Gasteiger partial charge < -0.3 is 5.73 Å². The second-order valence-corrected chi connectivity index (χ2v) is 4.09. The van der Waals surface area contributed by atoms with E-state index in [2.05, 4.69) is 10.2 Å². The lowest BCUT2D eigenvalue weighted by Crippen LogP contribution is -1.85. The number of nitrogen functional groups attached to an aromatic ring is 1. The topological polar surface area (TPSA) is 93.9 Å². The van der Waals surface area contributed by atoms with E-state index in [1.54, 1.807) is 30.3 Å². The van der Waals surface area contributed by atoms with Crippen molar-refractivity contribution in [1.29, 1.82) is 0 Å². The number of benzene rings is 2. The highest BCUT2D eigenvalue weighted by Crippen LogP contribution is 2.27. The smallest absolute Gasteiger partial charge is 0.271 e. The van der Waals surface area contributed by atoms with Crippen molar-refractivity contribution < 1.29 is 4.92 Å². The summed E-state index contributed by atoms with van der Waals surface area (Å²) < 4.78 is 0. The molecule has 0 atom stereocenters. The zero-order valence-corrected chi connectivity index (χ0v) is 10.4. The van der Waals surface area contributed by atoms with Gasteiger partial charge in [-0.2, -0.15) is 10.2 Å². The Hall–Kier alpha value is -2.47. The van der Waals surface area contributed by atoms with Gasteiger partial charge in [-0.1, -0.05) is 17.7 Å². The van der Waals surface area contributed by atoms with Crippen LogP contribution in [0, 0.1) is 10.1 Å². The van der Waals surface area contributed by atoms with Gasteiger partial charge in [-0.05, 0) is 24.3 Å². The Morgan fingerprint density at radius 1 is 1.11 bits per heavy atom. The van der Waals surface area contributed by atoms with Crippen LogP contribution in [0.3, 0.4) is 0 Å². The van der Waals surface area contributed by atoms with Gasteiger partial charge in [0.05, 0.1) is 27.0 Å². The molecule has 0 heterocycles. The summed E-state index contributed by atoms with van der Waals surface area (Å²) in [6, 6.07) is 10.7. The molecule has 0 aliphatic rings. The third-order valence-electron chi connectivity index (χ3n) is 2.31. The molecular formula is C12H9ClN4O2. The van der Waals surface area contributed by atoms with Crippen LogP contribution >= 0.6 is 11.6 Å². The molecule has 0 aliphatic heterocycles. The average Bonchev–Trinajstić information content (AvgIpc) is 2.40. The number of nitrogens with two attached hydrogens (primary N) is 1. The molecule has 2 rings (SSSR count). The zero-order valence-electron chi connectivity index (χ0n) is 9.65. The predicted octanol–water partition coefficient (Wildman–Crippen LogP) is 4.25. The lowest BCUT2D eigenvalue weighted by Gasteiger charge is -1.98. The first-order valence-corrected chi connectivity index (χ1v) is 5.65. The number of halogens is 1. The molecular weight excluding hydrogens is 268 g/mol. The maximum absolute atomic E-state index is 10.6. The van der Waals surface area contributed by atoms with Gasteiger partial charge in [0.1, 0.15) is 0 Å². The second kappa shape index (κ2) is 5.45. The normalized spacial score (nSPS) is 10.8. The molecule has 0 unspecified atom stereocenters. The van der Waals surface area contributed by atoms with E-state index in [-0.39, 0.29) is 5.69 Å². The highest BCUT2D eigenvalue weighted by Gasteiger charge is 2.04. The number of nitro benzene ring substituents is 1. The molecule has 0 aromatic heterocycles. The Bertz CT molecular complexity index is 658. The summed E-state index contributed by atoms with van der Waals surface area (Å²) in [6.45, 7) is 0. The zero-order chi connectivity index (χ0) is 13.8. The van der Waals surface area contributed by atoms with Crippen LogP contribution in [-0.4, -0.2) is 4.92 Å². The fraction of sp³-hybridized carbons (Fsp3) is 0. The number of rotatable bonds is 3. The molecule has 2 aromatic rings. The monoisotopic (exact) mass is 276 g/mol. The lowest BCUT2D eigenvalue weighted by molar-refractivity contribution is -0.384. The van der Waals surface area contributed by atoms with E-state index >= 15 is 0 Å². The van der Waals surface area contributed by atoms with Gasteiger partial charge in [0.25, 0.3) is 5.69 Å². The summed E-state index contributed by atoms with van der Waals surface area (Å²) in [7, 11) is 0. The predicted molar refractivity (Wildman–Crippen MR) is 73.1 cm³/mol. The molecule has 7 heteroatoms. The molecule has 19 heavy (non-hydrogen) atoms. The maximum Gasteiger partial charge on any atom is 0.271 e. The van der Waals surface area contributed by atoms with E-state index in [1.807, 2.05) is 0 Å². The van der Waals surface area contributed by atoms with Crippen molar-refractivity contribution in [2.24, 2.45) is 10.2 Å². The number of nitrogens with zero attached hydrogens (tertiary/aromatic N) is 3. The molecule has 0 saturated carbocycles.